The lowest BCUT2D eigenvalue weighted by Crippen LogP contribution is -1.91. The summed E-state index contributed by atoms with van der Waals surface area (Å²) in [5, 5.41) is 9.25. The highest BCUT2D eigenvalue weighted by Gasteiger charge is 2.07. The summed E-state index contributed by atoms with van der Waals surface area (Å²) in [6, 6.07) is 3.66. The monoisotopic (exact) mass is 140 g/mol. The Kier molecular flexibility index (Phi) is 2.12. The van der Waals surface area contributed by atoms with Gasteiger partial charge in [0.05, 0.1) is 0 Å². The third-order valence-electron chi connectivity index (χ3n) is 1.48. The highest BCUT2D eigenvalue weighted by Crippen LogP contribution is 2.17. The van der Waals surface area contributed by atoms with Crippen LogP contribution in [0.3, 0.4) is 0 Å². The van der Waals surface area contributed by atoms with Crippen molar-refractivity contribution >= 4 is 0 Å². The Hall–Kier alpha value is -0.760. The van der Waals surface area contributed by atoms with Crippen LogP contribution in [0.15, 0.2) is 16.5 Å². The summed E-state index contributed by atoms with van der Waals surface area (Å²) < 4.78 is 5.19. The minimum absolute atomic E-state index is 0.436. The molecule has 1 rings (SSSR count). The van der Waals surface area contributed by atoms with Gasteiger partial charge >= 0.3 is 0 Å². The second kappa shape index (κ2) is 2.88. The maximum absolute atomic E-state index is 9.25. The standard InChI is InChI=1S/C8H12O2/c1-3-7(9)8-5-4-6(2)10-8/h4-5,7,9H,3H2,1-2H3/t7-/m1/s1. The SMILES string of the molecule is CC[C@@H](O)c1ccc(C)o1. The molecule has 0 radical (unpaired) electrons. The van der Waals surface area contributed by atoms with E-state index in [-0.39, 0.29) is 0 Å². The maximum Gasteiger partial charge on any atom is 0.132 e. The van der Waals surface area contributed by atoms with Crippen LogP contribution in [0, 0.1) is 6.92 Å². The number of hydrogen-bond acceptors (Lipinski definition) is 2. The molecule has 0 aromatic carbocycles. The Morgan fingerprint density at radius 1 is 1.60 bits per heavy atom. The average molecular weight is 140 g/mol. The molecule has 0 saturated carbocycles. The van der Waals surface area contributed by atoms with E-state index in [4.69, 9.17) is 4.42 Å². The molecule has 1 atom stereocenters. The smallest absolute Gasteiger partial charge is 0.132 e. The minimum atomic E-state index is -0.436. The van der Waals surface area contributed by atoms with Gasteiger partial charge in [0, 0.05) is 0 Å². The highest BCUT2D eigenvalue weighted by molar-refractivity contribution is 5.07. The summed E-state index contributed by atoms with van der Waals surface area (Å²) in [7, 11) is 0. The second-order valence-electron chi connectivity index (χ2n) is 2.37. The predicted octanol–water partition coefficient (Wildman–Crippen LogP) is 2.03. The molecule has 1 aromatic heterocycles. The van der Waals surface area contributed by atoms with Gasteiger partial charge in [0.25, 0.3) is 0 Å². The van der Waals surface area contributed by atoms with Crippen LogP contribution < -0.4 is 0 Å². The average Bonchev–Trinajstić information content (AvgIpc) is 2.34. The molecule has 2 nitrogen and oxygen atoms in total. The largest absolute Gasteiger partial charge is 0.464 e. The summed E-state index contributed by atoms with van der Waals surface area (Å²) >= 11 is 0. The van der Waals surface area contributed by atoms with Gasteiger partial charge in [0.1, 0.15) is 17.6 Å². The molecular weight excluding hydrogens is 128 g/mol. The number of aliphatic hydroxyl groups is 1. The molecule has 0 unspecified atom stereocenters. The highest BCUT2D eigenvalue weighted by atomic mass is 16.4. The molecule has 2 heteroatoms. The van der Waals surface area contributed by atoms with Gasteiger partial charge in [-0.2, -0.15) is 0 Å². The van der Waals surface area contributed by atoms with E-state index in [1.807, 2.05) is 26.0 Å². The van der Waals surface area contributed by atoms with Crippen LogP contribution in [-0.4, -0.2) is 5.11 Å². The summed E-state index contributed by atoms with van der Waals surface area (Å²) in [5.41, 5.74) is 0. The first-order valence-corrected chi connectivity index (χ1v) is 3.48. The molecule has 0 saturated heterocycles. The van der Waals surface area contributed by atoms with E-state index >= 15 is 0 Å². The van der Waals surface area contributed by atoms with E-state index in [1.165, 1.54) is 0 Å². The zero-order valence-corrected chi connectivity index (χ0v) is 6.29. The minimum Gasteiger partial charge on any atom is -0.464 e. The van der Waals surface area contributed by atoms with Gasteiger partial charge in [-0.25, -0.2) is 0 Å². The number of rotatable bonds is 2. The van der Waals surface area contributed by atoms with E-state index in [9.17, 15) is 5.11 Å². The zero-order valence-electron chi connectivity index (χ0n) is 6.29. The van der Waals surface area contributed by atoms with Crippen LogP contribution in [0.2, 0.25) is 0 Å². The number of aryl methyl sites for hydroxylation is 1. The van der Waals surface area contributed by atoms with Crippen molar-refractivity contribution in [3.05, 3.63) is 23.7 Å². The molecule has 0 aliphatic rings. The summed E-state index contributed by atoms with van der Waals surface area (Å²) in [4.78, 5) is 0. The quantitative estimate of drug-likeness (QED) is 0.681. The molecule has 0 spiro atoms. The maximum atomic E-state index is 9.25. The number of hydrogen-bond donors (Lipinski definition) is 1. The number of aliphatic hydroxyl groups excluding tert-OH is 1. The third-order valence-corrected chi connectivity index (χ3v) is 1.48. The van der Waals surface area contributed by atoms with Gasteiger partial charge in [-0.15, -0.1) is 0 Å². The molecule has 56 valence electrons. The zero-order chi connectivity index (χ0) is 7.56. The normalized spacial score (nSPS) is 13.5. The molecule has 0 bridgehead atoms. The van der Waals surface area contributed by atoms with Crippen LogP contribution in [0.1, 0.15) is 31.0 Å². The van der Waals surface area contributed by atoms with E-state index in [2.05, 4.69) is 0 Å². The third kappa shape index (κ3) is 1.39. The second-order valence-corrected chi connectivity index (χ2v) is 2.37. The van der Waals surface area contributed by atoms with Crippen molar-refractivity contribution in [1.29, 1.82) is 0 Å². The Morgan fingerprint density at radius 2 is 2.30 bits per heavy atom. The van der Waals surface area contributed by atoms with E-state index in [1.54, 1.807) is 0 Å². The molecule has 1 N–H and O–H groups in total. The van der Waals surface area contributed by atoms with Gasteiger partial charge in [0.15, 0.2) is 0 Å². The van der Waals surface area contributed by atoms with Crippen molar-refractivity contribution in [3.8, 4) is 0 Å². The summed E-state index contributed by atoms with van der Waals surface area (Å²) in [6.45, 7) is 3.79. The molecule has 1 heterocycles. The molecule has 0 aliphatic heterocycles. The first-order valence-electron chi connectivity index (χ1n) is 3.48. The lowest BCUT2D eigenvalue weighted by atomic mass is 10.2. The van der Waals surface area contributed by atoms with Crippen LogP contribution in [0.5, 0.6) is 0 Å². The molecule has 10 heavy (non-hydrogen) atoms. The lowest BCUT2D eigenvalue weighted by molar-refractivity contribution is 0.144. The van der Waals surface area contributed by atoms with Crippen molar-refractivity contribution in [3.63, 3.8) is 0 Å². The van der Waals surface area contributed by atoms with Gasteiger partial charge < -0.3 is 9.52 Å². The van der Waals surface area contributed by atoms with Crippen LogP contribution in [0.4, 0.5) is 0 Å². The van der Waals surface area contributed by atoms with E-state index in [0.29, 0.717) is 12.2 Å². The molecule has 0 amide bonds. The molecule has 0 fully saturated rings. The Bertz CT molecular complexity index is 203. The van der Waals surface area contributed by atoms with Crippen molar-refractivity contribution < 1.29 is 9.52 Å². The molecular formula is C8H12O2. The molecule has 0 aliphatic carbocycles. The van der Waals surface area contributed by atoms with Gasteiger partial charge in [-0.1, -0.05) is 6.92 Å². The summed E-state index contributed by atoms with van der Waals surface area (Å²) in [5.74, 6) is 1.52. The van der Waals surface area contributed by atoms with Crippen molar-refractivity contribution in [2.45, 2.75) is 26.4 Å². The van der Waals surface area contributed by atoms with Crippen LogP contribution in [-0.2, 0) is 0 Å². The topological polar surface area (TPSA) is 33.4 Å². The fraction of sp³-hybridized carbons (Fsp3) is 0.500. The lowest BCUT2D eigenvalue weighted by Gasteiger charge is -2.01. The van der Waals surface area contributed by atoms with E-state index < -0.39 is 6.10 Å². The van der Waals surface area contributed by atoms with Gasteiger partial charge in [-0.3, -0.25) is 0 Å². The first-order chi connectivity index (χ1) is 4.74. The summed E-state index contributed by atoms with van der Waals surface area (Å²) in [6.07, 6.45) is 0.265. The fourth-order valence-corrected chi connectivity index (χ4v) is 0.834. The molecule has 1 aromatic rings. The first kappa shape index (κ1) is 7.35. The van der Waals surface area contributed by atoms with E-state index in [0.717, 1.165) is 5.76 Å². The Morgan fingerprint density at radius 3 is 2.70 bits per heavy atom. The van der Waals surface area contributed by atoms with Crippen molar-refractivity contribution in [1.82, 2.24) is 0 Å². The number of furan rings is 1. The predicted molar refractivity (Wildman–Crippen MR) is 38.7 cm³/mol. The van der Waals surface area contributed by atoms with Crippen LogP contribution >= 0.6 is 0 Å². The Labute approximate surface area is 60.5 Å². The van der Waals surface area contributed by atoms with Crippen molar-refractivity contribution in [2.75, 3.05) is 0 Å². The van der Waals surface area contributed by atoms with Gasteiger partial charge in [-0.05, 0) is 25.5 Å². The fourth-order valence-electron chi connectivity index (χ4n) is 0.834. The van der Waals surface area contributed by atoms with Crippen molar-refractivity contribution in [2.24, 2.45) is 0 Å². The van der Waals surface area contributed by atoms with Crippen LogP contribution in [0.25, 0.3) is 0 Å². The Balaban J connectivity index is 2.74. The van der Waals surface area contributed by atoms with Gasteiger partial charge in [0.2, 0.25) is 0 Å².